The highest BCUT2D eigenvalue weighted by Gasteiger charge is 2.59. The second-order valence-corrected chi connectivity index (χ2v) is 9.32. The van der Waals surface area contributed by atoms with Gasteiger partial charge in [-0.25, -0.2) is 24.2 Å². The van der Waals surface area contributed by atoms with Crippen LogP contribution < -0.4 is 0 Å². The first-order valence-corrected chi connectivity index (χ1v) is 12.8. The first-order valence-electron chi connectivity index (χ1n) is 12.8. The van der Waals surface area contributed by atoms with Crippen LogP contribution in [-0.2, 0) is 36.9 Å². The quantitative estimate of drug-likeness (QED) is 0.187. The zero-order valence-corrected chi connectivity index (χ0v) is 21.9. The smallest absolute Gasteiger partial charge is 0.335 e. The largest absolute Gasteiger partial charge is 0.481 e. The van der Waals surface area contributed by atoms with Gasteiger partial charge in [0.1, 0.15) is 17.5 Å². The Morgan fingerprint density at radius 3 is 1.97 bits per heavy atom. The van der Waals surface area contributed by atoms with Gasteiger partial charge in [-0.15, -0.1) is 5.10 Å². The number of imide groups is 2. The lowest BCUT2D eigenvalue weighted by atomic mass is 9.77. The zero-order chi connectivity index (χ0) is 29.3. The number of halogens is 1. The predicted molar refractivity (Wildman–Crippen MR) is 130 cm³/mol. The fourth-order valence-electron chi connectivity index (χ4n) is 4.66. The molecule has 3 N–H and O–H groups in total. The van der Waals surface area contributed by atoms with Crippen LogP contribution in [0.1, 0.15) is 70.9 Å². The maximum atomic E-state index is 13.5. The summed E-state index contributed by atoms with van der Waals surface area (Å²) in [5.74, 6) is -6.64. The molecule has 1 saturated heterocycles. The topological polar surface area (TPSA) is 200 Å². The van der Waals surface area contributed by atoms with Crippen LogP contribution in [0.25, 0.3) is 0 Å². The van der Waals surface area contributed by atoms with E-state index >= 15 is 0 Å². The maximum absolute atomic E-state index is 13.5. The normalized spacial score (nSPS) is 16.8. The molecule has 1 fully saturated rings. The summed E-state index contributed by atoms with van der Waals surface area (Å²) in [6, 6.07) is -4.99. The van der Waals surface area contributed by atoms with Gasteiger partial charge in [0.05, 0.1) is 12.4 Å². The van der Waals surface area contributed by atoms with Crippen LogP contribution in [0.2, 0.25) is 0 Å². The van der Waals surface area contributed by atoms with Gasteiger partial charge in [0, 0.05) is 19.2 Å². The molecule has 2 atom stereocenters. The molecule has 14 nitrogen and oxygen atoms in total. The van der Waals surface area contributed by atoms with E-state index in [4.69, 9.17) is 5.11 Å². The van der Waals surface area contributed by atoms with E-state index in [9.17, 15) is 43.4 Å². The van der Waals surface area contributed by atoms with Crippen molar-refractivity contribution >= 4 is 35.8 Å². The second kappa shape index (κ2) is 13.8. The molecule has 1 aromatic heterocycles. The number of rotatable bonds is 17. The van der Waals surface area contributed by atoms with E-state index in [0.29, 0.717) is 41.3 Å². The molecule has 0 aromatic carbocycles. The highest BCUT2D eigenvalue weighted by atomic mass is 19.1. The number of nitrogens with zero attached hydrogens (tertiary/aromatic N) is 5. The van der Waals surface area contributed by atoms with Crippen molar-refractivity contribution in [2.75, 3.05) is 6.67 Å². The molecule has 2 heterocycles. The Kier molecular flexibility index (Phi) is 11.0. The van der Waals surface area contributed by atoms with Gasteiger partial charge in [-0.1, -0.05) is 19.1 Å². The van der Waals surface area contributed by atoms with Gasteiger partial charge in [-0.2, -0.15) is 0 Å². The summed E-state index contributed by atoms with van der Waals surface area (Å²) in [7, 11) is 0. The third-order valence-corrected chi connectivity index (χ3v) is 6.97. The van der Waals surface area contributed by atoms with Gasteiger partial charge in [-0.05, 0) is 51.4 Å². The summed E-state index contributed by atoms with van der Waals surface area (Å²) in [5, 5.41) is 36.6. The molecule has 0 bridgehead atoms. The number of hydrogen-bond donors (Lipinski definition) is 3. The molecule has 1 aliphatic rings. The average Bonchev–Trinajstić information content (AvgIpc) is 3.34. The predicted octanol–water partition coefficient (Wildman–Crippen LogP) is 1.72. The number of carbonyl (C=O) groups excluding carboxylic acids is 3. The number of unbranched alkanes of at least 4 members (excludes halogenated alkanes) is 1. The first kappa shape index (κ1) is 31.3. The van der Waals surface area contributed by atoms with Crippen LogP contribution in [-0.4, -0.2) is 94.6 Å². The van der Waals surface area contributed by atoms with Gasteiger partial charge >= 0.3 is 23.9 Å². The molecule has 15 heteroatoms. The molecule has 1 aromatic rings. The van der Waals surface area contributed by atoms with Crippen molar-refractivity contribution in [2.24, 2.45) is 5.41 Å². The number of aliphatic carboxylic acids is 3. The van der Waals surface area contributed by atoms with Crippen LogP contribution in [0, 0.1) is 5.41 Å². The molecule has 0 aliphatic carbocycles. The zero-order valence-electron chi connectivity index (χ0n) is 21.9. The standard InChI is InChI=1S/C24H34FN5O9/c1-3-24(4-2)21(37)29(23(39)30(22(24)38)17(20(35)36)10-11-18(31)32)16(19(33)34)9-5-6-13-28-14-15(26-27-28)8-7-12-25/h14,16-17H,3-13H2,1-2H3,(H,31,32)(H,33,34)(H,35,36)/t16-,17-/m0/s1. The minimum absolute atomic E-state index is 0.129. The monoisotopic (exact) mass is 555 g/mol. The van der Waals surface area contributed by atoms with Crippen molar-refractivity contribution in [3.63, 3.8) is 0 Å². The number of aromatic nitrogens is 3. The third-order valence-electron chi connectivity index (χ3n) is 6.97. The molecule has 39 heavy (non-hydrogen) atoms. The van der Waals surface area contributed by atoms with Crippen LogP contribution in [0.3, 0.4) is 0 Å². The van der Waals surface area contributed by atoms with E-state index in [1.807, 2.05) is 0 Å². The van der Waals surface area contributed by atoms with Crippen molar-refractivity contribution in [3.05, 3.63) is 11.9 Å². The summed E-state index contributed by atoms with van der Waals surface area (Å²) in [6.07, 6.45) is 1.25. The van der Waals surface area contributed by atoms with Gasteiger partial charge in [0.15, 0.2) is 0 Å². The Balaban J connectivity index is 2.30. The van der Waals surface area contributed by atoms with E-state index < -0.39 is 72.8 Å². The number of hydrogen-bond acceptors (Lipinski definition) is 8. The number of carboxylic acids is 3. The molecular formula is C24H34FN5O9. The average molecular weight is 556 g/mol. The van der Waals surface area contributed by atoms with Crippen molar-refractivity contribution in [1.82, 2.24) is 24.8 Å². The maximum Gasteiger partial charge on any atom is 0.335 e. The van der Waals surface area contributed by atoms with Gasteiger partial charge in [0.2, 0.25) is 11.8 Å². The molecule has 0 spiro atoms. The lowest BCUT2D eigenvalue weighted by Crippen LogP contribution is -2.70. The summed E-state index contributed by atoms with van der Waals surface area (Å²) < 4.78 is 13.9. The van der Waals surface area contributed by atoms with Gasteiger partial charge in [0.25, 0.3) is 0 Å². The van der Waals surface area contributed by atoms with E-state index in [1.54, 1.807) is 6.20 Å². The molecule has 1 aliphatic heterocycles. The fourth-order valence-corrected chi connectivity index (χ4v) is 4.66. The lowest BCUT2D eigenvalue weighted by Gasteiger charge is -2.46. The van der Waals surface area contributed by atoms with Gasteiger partial charge < -0.3 is 15.3 Å². The van der Waals surface area contributed by atoms with Crippen molar-refractivity contribution < 1.29 is 48.5 Å². The van der Waals surface area contributed by atoms with Crippen LogP contribution in [0.15, 0.2) is 6.20 Å². The van der Waals surface area contributed by atoms with E-state index in [-0.39, 0.29) is 25.7 Å². The minimum Gasteiger partial charge on any atom is -0.481 e. The van der Waals surface area contributed by atoms with E-state index in [0.717, 1.165) is 0 Å². The Hall–Kier alpha value is -3.91. The van der Waals surface area contributed by atoms with Crippen molar-refractivity contribution in [2.45, 2.75) is 90.3 Å². The number of aryl methyl sites for hydroxylation is 2. The van der Waals surface area contributed by atoms with Gasteiger partial charge in [-0.3, -0.25) is 23.5 Å². The number of carbonyl (C=O) groups is 6. The Labute approximate surface area is 223 Å². The molecule has 0 saturated carbocycles. The van der Waals surface area contributed by atoms with E-state index in [1.165, 1.54) is 18.5 Å². The SMILES string of the molecule is CCC1(CC)C(=O)N([C@@H](CCCCn2cc(CCCF)nn2)C(=O)O)C(=O)N([C@@H](CCC(=O)O)C(=O)O)C1=O. The first-order chi connectivity index (χ1) is 18.4. The Morgan fingerprint density at radius 2 is 1.49 bits per heavy atom. The lowest BCUT2D eigenvalue weighted by molar-refractivity contribution is -0.170. The van der Waals surface area contributed by atoms with E-state index in [2.05, 4.69) is 10.3 Å². The summed E-state index contributed by atoms with van der Waals surface area (Å²) in [4.78, 5) is 76.5. The molecule has 0 radical (unpaired) electrons. The minimum atomic E-state index is -1.90. The van der Waals surface area contributed by atoms with Crippen molar-refractivity contribution in [3.8, 4) is 0 Å². The fraction of sp³-hybridized carbons (Fsp3) is 0.667. The molecule has 216 valence electrons. The summed E-state index contributed by atoms with van der Waals surface area (Å²) in [5.41, 5.74) is -1.27. The summed E-state index contributed by atoms with van der Waals surface area (Å²) in [6.45, 7) is 2.85. The Morgan fingerprint density at radius 1 is 0.923 bits per heavy atom. The third kappa shape index (κ3) is 6.95. The molecule has 2 rings (SSSR count). The number of alkyl halides is 1. The highest BCUT2D eigenvalue weighted by Crippen LogP contribution is 2.39. The Bertz CT molecular complexity index is 1090. The highest BCUT2D eigenvalue weighted by molar-refractivity contribution is 6.21. The van der Waals surface area contributed by atoms with Crippen LogP contribution in [0.4, 0.5) is 9.18 Å². The van der Waals surface area contributed by atoms with Crippen LogP contribution >= 0.6 is 0 Å². The number of carboxylic acid groups (broad SMARTS) is 3. The number of amides is 4. The molecular weight excluding hydrogens is 521 g/mol. The van der Waals surface area contributed by atoms with Crippen LogP contribution in [0.5, 0.6) is 0 Å². The number of barbiturate groups is 1. The van der Waals surface area contributed by atoms with Crippen molar-refractivity contribution in [1.29, 1.82) is 0 Å². The number of urea groups is 1. The summed E-state index contributed by atoms with van der Waals surface area (Å²) >= 11 is 0. The molecule has 0 unspecified atom stereocenters. The molecule has 4 amide bonds. The second-order valence-electron chi connectivity index (χ2n) is 9.32.